The van der Waals surface area contributed by atoms with Crippen LogP contribution in [0.5, 0.6) is 0 Å². The summed E-state index contributed by atoms with van der Waals surface area (Å²) < 4.78 is 0. The molecule has 0 radical (unpaired) electrons. The minimum atomic E-state index is 0.423. The van der Waals surface area contributed by atoms with Crippen molar-refractivity contribution in [3.63, 3.8) is 0 Å². The Kier molecular flexibility index (Phi) is 4.39. The van der Waals surface area contributed by atoms with Crippen LogP contribution in [-0.2, 0) is 6.54 Å². The highest BCUT2D eigenvalue weighted by atomic mass is 15.2. The predicted octanol–water partition coefficient (Wildman–Crippen LogP) is 3.19. The SMILES string of the molecule is Cc1cc(N(C)C)cc([C@H]2CCCN2Cc2ccncc2)n1. The molecule has 0 N–H and O–H groups in total. The van der Waals surface area contributed by atoms with Gasteiger partial charge in [-0.1, -0.05) is 0 Å². The Morgan fingerprint density at radius 1 is 1.23 bits per heavy atom. The summed E-state index contributed by atoms with van der Waals surface area (Å²) in [5.74, 6) is 0. The highest BCUT2D eigenvalue weighted by Crippen LogP contribution is 2.33. The normalized spacial score (nSPS) is 18.6. The average molecular weight is 296 g/mol. The molecule has 0 aliphatic carbocycles. The number of pyridine rings is 2. The van der Waals surface area contributed by atoms with Gasteiger partial charge < -0.3 is 4.90 Å². The Balaban J connectivity index is 1.84. The van der Waals surface area contributed by atoms with E-state index in [0.29, 0.717) is 6.04 Å². The largest absolute Gasteiger partial charge is 0.378 e. The molecule has 0 unspecified atom stereocenters. The summed E-state index contributed by atoms with van der Waals surface area (Å²) in [4.78, 5) is 13.6. The number of aromatic nitrogens is 2. The highest BCUT2D eigenvalue weighted by molar-refractivity contribution is 5.47. The number of hydrogen-bond donors (Lipinski definition) is 0. The lowest BCUT2D eigenvalue weighted by atomic mass is 10.1. The lowest BCUT2D eigenvalue weighted by Gasteiger charge is -2.25. The van der Waals surface area contributed by atoms with Crippen molar-refractivity contribution in [2.24, 2.45) is 0 Å². The molecular weight excluding hydrogens is 272 g/mol. The Labute approximate surface area is 132 Å². The zero-order valence-corrected chi connectivity index (χ0v) is 13.7. The van der Waals surface area contributed by atoms with Crippen LogP contribution in [0, 0.1) is 6.92 Å². The van der Waals surface area contributed by atoms with Crippen molar-refractivity contribution >= 4 is 5.69 Å². The number of nitrogens with zero attached hydrogens (tertiary/aromatic N) is 4. The van der Waals surface area contributed by atoms with E-state index in [1.807, 2.05) is 12.4 Å². The van der Waals surface area contributed by atoms with E-state index < -0.39 is 0 Å². The van der Waals surface area contributed by atoms with Gasteiger partial charge in [-0.25, -0.2) is 0 Å². The van der Waals surface area contributed by atoms with E-state index in [2.05, 4.69) is 60.1 Å². The summed E-state index contributed by atoms with van der Waals surface area (Å²) in [6, 6.07) is 9.01. The topological polar surface area (TPSA) is 32.3 Å². The van der Waals surface area contributed by atoms with Crippen LogP contribution in [0.1, 0.15) is 35.8 Å². The molecule has 0 amide bonds. The van der Waals surface area contributed by atoms with Crippen molar-refractivity contribution in [1.82, 2.24) is 14.9 Å². The van der Waals surface area contributed by atoms with Crippen LogP contribution < -0.4 is 4.90 Å². The number of hydrogen-bond acceptors (Lipinski definition) is 4. The van der Waals surface area contributed by atoms with Gasteiger partial charge in [-0.05, 0) is 56.1 Å². The second-order valence-electron chi connectivity index (χ2n) is 6.27. The van der Waals surface area contributed by atoms with E-state index in [4.69, 9.17) is 4.98 Å². The van der Waals surface area contributed by atoms with Gasteiger partial charge in [0, 0.05) is 44.4 Å². The summed E-state index contributed by atoms with van der Waals surface area (Å²) in [6.07, 6.45) is 6.17. The fourth-order valence-corrected chi connectivity index (χ4v) is 3.18. The molecule has 1 aliphatic heterocycles. The summed E-state index contributed by atoms with van der Waals surface area (Å²) in [6.45, 7) is 4.19. The third-order valence-electron chi connectivity index (χ3n) is 4.31. The maximum absolute atomic E-state index is 4.81. The highest BCUT2D eigenvalue weighted by Gasteiger charge is 2.27. The molecule has 1 saturated heterocycles. The zero-order chi connectivity index (χ0) is 15.5. The molecule has 4 nitrogen and oxygen atoms in total. The van der Waals surface area contributed by atoms with Crippen LogP contribution in [-0.4, -0.2) is 35.5 Å². The van der Waals surface area contributed by atoms with Gasteiger partial charge in [-0.3, -0.25) is 14.9 Å². The van der Waals surface area contributed by atoms with Crippen molar-refractivity contribution < 1.29 is 0 Å². The quantitative estimate of drug-likeness (QED) is 0.867. The van der Waals surface area contributed by atoms with Crippen LogP contribution in [0.15, 0.2) is 36.7 Å². The van der Waals surface area contributed by atoms with E-state index in [1.165, 1.54) is 29.8 Å². The van der Waals surface area contributed by atoms with Crippen LogP contribution in [0.4, 0.5) is 5.69 Å². The molecule has 0 bridgehead atoms. The molecular formula is C18H24N4. The first-order valence-corrected chi connectivity index (χ1v) is 7.92. The van der Waals surface area contributed by atoms with Crippen molar-refractivity contribution in [2.75, 3.05) is 25.5 Å². The molecule has 3 rings (SSSR count). The van der Waals surface area contributed by atoms with Gasteiger partial charge in [0.05, 0.1) is 11.7 Å². The molecule has 116 valence electrons. The number of aryl methyl sites for hydroxylation is 1. The van der Waals surface area contributed by atoms with Gasteiger partial charge in [-0.2, -0.15) is 0 Å². The van der Waals surface area contributed by atoms with Gasteiger partial charge in [0.15, 0.2) is 0 Å². The summed E-state index contributed by atoms with van der Waals surface area (Å²) >= 11 is 0. The molecule has 1 aliphatic rings. The fraction of sp³-hybridized carbons (Fsp3) is 0.444. The van der Waals surface area contributed by atoms with E-state index >= 15 is 0 Å². The molecule has 3 heterocycles. The van der Waals surface area contributed by atoms with Gasteiger partial charge in [0.1, 0.15) is 0 Å². The van der Waals surface area contributed by atoms with Crippen molar-refractivity contribution in [3.8, 4) is 0 Å². The fourth-order valence-electron chi connectivity index (χ4n) is 3.18. The molecule has 1 fully saturated rings. The summed E-state index contributed by atoms with van der Waals surface area (Å²) in [7, 11) is 4.17. The molecule has 1 atom stereocenters. The first kappa shape index (κ1) is 15.0. The third kappa shape index (κ3) is 3.28. The first-order valence-electron chi connectivity index (χ1n) is 7.92. The molecule has 22 heavy (non-hydrogen) atoms. The maximum Gasteiger partial charge on any atom is 0.0599 e. The Morgan fingerprint density at radius 2 is 2.00 bits per heavy atom. The lowest BCUT2D eigenvalue weighted by Crippen LogP contribution is -2.24. The minimum absolute atomic E-state index is 0.423. The van der Waals surface area contributed by atoms with E-state index in [0.717, 1.165) is 18.8 Å². The van der Waals surface area contributed by atoms with Gasteiger partial charge >= 0.3 is 0 Å². The molecule has 0 aromatic carbocycles. The summed E-state index contributed by atoms with van der Waals surface area (Å²) in [5.41, 5.74) is 4.85. The Hall–Kier alpha value is -1.94. The van der Waals surface area contributed by atoms with Crippen LogP contribution in [0.2, 0.25) is 0 Å². The second kappa shape index (κ2) is 6.44. The van der Waals surface area contributed by atoms with Crippen LogP contribution in [0.25, 0.3) is 0 Å². The summed E-state index contributed by atoms with van der Waals surface area (Å²) in [5, 5.41) is 0. The minimum Gasteiger partial charge on any atom is -0.378 e. The maximum atomic E-state index is 4.81. The average Bonchev–Trinajstić information content (AvgIpc) is 2.96. The van der Waals surface area contributed by atoms with E-state index in [-0.39, 0.29) is 0 Å². The molecule has 2 aromatic rings. The second-order valence-corrected chi connectivity index (χ2v) is 6.27. The number of rotatable bonds is 4. The number of anilines is 1. The predicted molar refractivity (Wildman–Crippen MR) is 89.9 cm³/mol. The van der Waals surface area contributed by atoms with Gasteiger partial charge in [0.2, 0.25) is 0 Å². The molecule has 2 aromatic heterocycles. The van der Waals surface area contributed by atoms with Crippen LogP contribution >= 0.6 is 0 Å². The molecule has 0 saturated carbocycles. The standard InChI is InChI=1S/C18H24N4/c1-14-11-16(21(2)3)12-17(20-14)18-5-4-10-22(18)13-15-6-8-19-9-7-15/h6-9,11-12,18H,4-5,10,13H2,1-3H3/t18-/m1/s1. The van der Waals surface area contributed by atoms with Crippen molar-refractivity contribution in [3.05, 3.63) is 53.6 Å². The molecule has 4 heteroatoms. The first-order chi connectivity index (χ1) is 10.6. The zero-order valence-electron chi connectivity index (χ0n) is 13.7. The lowest BCUT2D eigenvalue weighted by molar-refractivity contribution is 0.244. The Bertz CT molecular complexity index is 624. The Morgan fingerprint density at radius 3 is 2.73 bits per heavy atom. The van der Waals surface area contributed by atoms with Crippen molar-refractivity contribution in [1.29, 1.82) is 0 Å². The van der Waals surface area contributed by atoms with Gasteiger partial charge in [-0.15, -0.1) is 0 Å². The smallest absolute Gasteiger partial charge is 0.0599 e. The number of likely N-dealkylation sites (tertiary alicyclic amines) is 1. The monoisotopic (exact) mass is 296 g/mol. The van der Waals surface area contributed by atoms with E-state index in [1.54, 1.807) is 0 Å². The molecule has 0 spiro atoms. The van der Waals surface area contributed by atoms with Gasteiger partial charge in [0.25, 0.3) is 0 Å². The van der Waals surface area contributed by atoms with Crippen molar-refractivity contribution in [2.45, 2.75) is 32.4 Å². The van der Waals surface area contributed by atoms with E-state index in [9.17, 15) is 0 Å². The third-order valence-corrected chi connectivity index (χ3v) is 4.31. The van der Waals surface area contributed by atoms with Crippen LogP contribution in [0.3, 0.4) is 0 Å².